The Balaban J connectivity index is 0.000000263. The smallest absolute Gasteiger partial charge is 0.256 e. The summed E-state index contributed by atoms with van der Waals surface area (Å²) >= 11 is 0. The molecule has 0 N–H and O–H groups in total. The largest absolute Gasteiger partial charge is 0.335 e. The lowest BCUT2D eigenvalue weighted by Gasteiger charge is -2.35. The van der Waals surface area contributed by atoms with E-state index < -0.39 is 0 Å². The van der Waals surface area contributed by atoms with E-state index >= 15 is 0 Å². The van der Waals surface area contributed by atoms with Crippen LogP contribution in [-0.4, -0.2) is 43.9 Å². The van der Waals surface area contributed by atoms with Crippen LogP contribution < -0.4 is 11.1 Å². The number of carbonyl (C=O) groups excluding carboxylic acids is 1. The topological polar surface area (TPSA) is 80.4 Å². The maximum Gasteiger partial charge on any atom is 0.256 e. The normalized spacial score (nSPS) is 13.4. The molecule has 0 saturated carbocycles. The highest BCUT2D eigenvalue weighted by atomic mass is 16.2. The van der Waals surface area contributed by atoms with Gasteiger partial charge in [0.1, 0.15) is 11.6 Å². The zero-order chi connectivity index (χ0) is 27.5. The highest BCUT2D eigenvalue weighted by Gasteiger charge is 2.25. The average molecular weight is 484 g/mol. The van der Waals surface area contributed by atoms with E-state index in [4.69, 9.17) is 0 Å². The number of aryl methyl sites for hydroxylation is 2. The molecule has 3 rings (SSSR count). The Morgan fingerprint density at radius 2 is 1.11 bits per heavy atom. The summed E-state index contributed by atoms with van der Waals surface area (Å²) in [7, 11) is 7.19. The minimum Gasteiger partial charge on any atom is -0.335 e. The summed E-state index contributed by atoms with van der Waals surface area (Å²) in [5, 5.41) is 0. The quantitative estimate of drug-likeness (QED) is 0.573. The van der Waals surface area contributed by atoms with Crippen LogP contribution in [0.2, 0.25) is 0 Å². The molecule has 1 aliphatic heterocycles. The second-order valence-electron chi connectivity index (χ2n) is 9.11. The molecule has 0 spiro atoms. The first-order chi connectivity index (χ1) is 16.0. The average Bonchev–Trinajstić information content (AvgIpc) is 2.84. The Bertz CT molecular complexity index is 1250. The minimum atomic E-state index is 0.0376. The number of rotatable bonds is 0. The molecule has 8 heteroatoms. The zero-order valence-electron chi connectivity index (χ0n) is 23.7. The fraction of sp³-hybridized carbons (Fsp3) is 0.481. The molecule has 0 radical (unpaired) electrons. The summed E-state index contributed by atoms with van der Waals surface area (Å²) in [6.45, 7) is 20.9. The molecule has 0 aliphatic carbocycles. The van der Waals surface area contributed by atoms with Crippen LogP contribution >= 0.6 is 0 Å². The van der Waals surface area contributed by atoms with Gasteiger partial charge in [0.2, 0.25) is 0 Å². The molecule has 1 aliphatic rings. The van der Waals surface area contributed by atoms with E-state index in [-0.39, 0.29) is 17.0 Å². The van der Waals surface area contributed by atoms with Crippen LogP contribution in [-0.2, 0) is 18.9 Å². The van der Waals surface area contributed by atoms with Gasteiger partial charge in [0, 0.05) is 62.0 Å². The van der Waals surface area contributed by atoms with E-state index in [1.54, 1.807) is 35.1 Å². The van der Waals surface area contributed by atoms with Gasteiger partial charge in [-0.25, -0.2) is 4.98 Å². The Morgan fingerprint density at radius 1 is 0.629 bits per heavy atom. The highest BCUT2D eigenvalue weighted by Crippen LogP contribution is 2.22. The van der Waals surface area contributed by atoms with Crippen LogP contribution in [0.4, 0.5) is 0 Å². The number of hydrogen-bond acceptors (Lipinski definition) is 5. The van der Waals surface area contributed by atoms with Crippen LogP contribution in [0, 0.1) is 48.5 Å². The number of carbonyl (C=O) groups is 1. The van der Waals surface area contributed by atoms with Crippen molar-refractivity contribution in [1.82, 2.24) is 23.9 Å². The van der Waals surface area contributed by atoms with Gasteiger partial charge < -0.3 is 9.47 Å². The van der Waals surface area contributed by atoms with Crippen molar-refractivity contribution < 1.29 is 4.79 Å². The van der Waals surface area contributed by atoms with Crippen molar-refractivity contribution in [2.75, 3.05) is 14.1 Å². The van der Waals surface area contributed by atoms with E-state index in [2.05, 4.69) is 18.5 Å². The fourth-order valence-corrected chi connectivity index (χ4v) is 3.52. The molecular formula is C27H41N5O3. The maximum absolute atomic E-state index is 11.5. The first kappa shape index (κ1) is 29.6. The van der Waals surface area contributed by atoms with Crippen LogP contribution in [0.5, 0.6) is 0 Å². The van der Waals surface area contributed by atoms with Crippen molar-refractivity contribution in [2.24, 2.45) is 14.1 Å². The standard InChI is InChI=1S/C10H15NO.C9H14N2O.C8H12N2O/c1-6-7(2)9(4)11(5)10(12)8(6)3;1-6-7(2)10(4)8(3)11(5)9(6)12;1-5-6(2)9-7(3)10(4)8(5)11/h1-5H3;3H2,1-2,4-5H3;1-4H3. The van der Waals surface area contributed by atoms with Crippen LogP contribution in [0.3, 0.4) is 0 Å². The van der Waals surface area contributed by atoms with Gasteiger partial charge in [0.05, 0.1) is 0 Å². The summed E-state index contributed by atoms with van der Waals surface area (Å²) < 4.78 is 3.26. The third-order valence-electron chi connectivity index (χ3n) is 7.22. The molecule has 0 atom stereocenters. The molecule has 1 amide bonds. The third kappa shape index (κ3) is 5.99. The van der Waals surface area contributed by atoms with Crippen molar-refractivity contribution in [3.05, 3.63) is 83.8 Å². The van der Waals surface area contributed by atoms with E-state index in [0.29, 0.717) is 0 Å². The van der Waals surface area contributed by atoms with E-state index in [9.17, 15) is 14.4 Å². The third-order valence-corrected chi connectivity index (χ3v) is 7.22. The molecular weight excluding hydrogens is 442 g/mol. The molecule has 2 aromatic rings. The van der Waals surface area contributed by atoms with Crippen molar-refractivity contribution in [3.63, 3.8) is 0 Å². The molecule has 0 unspecified atom stereocenters. The summed E-state index contributed by atoms with van der Waals surface area (Å²) in [4.78, 5) is 42.0. The van der Waals surface area contributed by atoms with Gasteiger partial charge in [0.15, 0.2) is 0 Å². The minimum absolute atomic E-state index is 0.0376. The van der Waals surface area contributed by atoms with Gasteiger partial charge in [-0.1, -0.05) is 6.58 Å². The van der Waals surface area contributed by atoms with E-state index in [1.165, 1.54) is 5.56 Å². The zero-order valence-corrected chi connectivity index (χ0v) is 23.7. The number of aromatic nitrogens is 3. The van der Waals surface area contributed by atoms with Crippen LogP contribution in [0.25, 0.3) is 0 Å². The predicted molar refractivity (Wildman–Crippen MR) is 142 cm³/mol. The summed E-state index contributed by atoms with van der Waals surface area (Å²) in [6.07, 6.45) is 0. The SMILES string of the molecule is C=C1N(C)C(=O)C(C)=C(C)N1C.Cc1c(C)c(C)n(C)c(=O)c1C.Cc1nc(C)n(C)c(=O)c1C. The first-order valence-corrected chi connectivity index (χ1v) is 11.5. The fourth-order valence-electron chi connectivity index (χ4n) is 3.52. The lowest BCUT2D eigenvalue weighted by molar-refractivity contribution is -0.126. The van der Waals surface area contributed by atoms with Gasteiger partial charge in [-0.15, -0.1) is 0 Å². The van der Waals surface area contributed by atoms with Gasteiger partial charge in [-0.3, -0.25) is 23.9 Å². The number of pyridine rings is 1. The Kier molecular flexibility index (Phi) is 9.59. The number of amides is 1. The predicted octanol–water partition coefficient (Wildman–Crippen LogP) is 3.48. The molecule has 3 heterocycles. The number of hydrogen-bond donors (Lipinski definition) is 0. The molecule has 8 nitrogen and oxygen atoms in total. The van der Waals surface area contributed by atoms with Crippen LogP contribution in [0.1, 0.15) is 53.3 Å². The Hall–Kier alpha value is -3.42. The van der Waals surface area contributed by atoms with Crippen molar-refractivity contribution in [2.45, 2.75) is 62.3 Å². The summed E-state index contributed by atoms with van der Waals surface area (Å²) in [5.41, 5.74) is 7.75. The molecule has 35 heavy (non-hydrogen) atoms. The second kappa shape index (κ2) is 11.3. The number of nitrogens with zero attached hydrogens (tertiary/aromatic N) is 5. The highest BCUT2D eigenvalue weighted by molar-refractivity contribution is 5.95. The second-order valence-corrected chi connectivity index (χ2v) is 9.11. The van der Waals surface area contributed by atoms with Gasteiger partial charge in [0.25, 0.3) is 17.0 Å². The van der Waals surface area contributed by atoms with Gasteiger partial charge in [-0.2, -0.15) is 0 Å². The number of allylic oxidation sites excluding steroid dienone is 1. The van der Waals surface area contributed by atoms with Gasteiger partial charge >= 0.3 is 0 Å². The molecule has 0 bridgehead atoms. The monoisotopic (exact) mass is 483 g/mol. The lowest BCUT2D eigenvalue weighted by Crippen LogP contribution is -2.39. The molecule has 0 aromatic carbocycles. The van der Waals surface area contributed by atoms with Crippen molar-refractivity contribution in [3.8, 4) is 0 Å². The van der Waals surface area contributed by atoms with E-state index in [1.807, 2.05) is 67.5 Å². The molecule has 192 valence electrons. The van der Waals surface area contributed by atoms with Crippen molar-refractivity contribution in [1.29, 1.82) is 0 Å². The molecule has 2 aromatic heterocycles. The first-order valence-electron chi connectivity index (χ1n) is 11.5. The maximum atomic E-state index is 11.5. The summed E-state index contributed by atoms with van der Waals surface area (Å²) in [5.74, 6) is 1.52. The van der Waals surface area contributed by atoms with Crippen molar-refractivity contribution >= 4 is 5.91 Å². The molecule has 0 fully saturated rings. The summed E-state index contributed by atoms with van der Waals surface area (Å²) in [6, 6.07) is 0. The lowest BCUT2D eigenvalue weighted by atomic mass is 10.0. The Labute approximate surface area is 209 Å². The van der Waals surface area contributed by atoms with Gasteiger partial charge in [-0.05, 0) is 73.4 Å². The van der Waals surface area contributed by atoms with E-state index in [0.717, 1.165) is 51.0 Å². The number of likely N-dealkylation sites (N-methyl/N-ethyl adjacent to an activating group) is 1. The Morgan fingerprint density at radius 3 is 1.63 bits per heavy atom. The van der Waals surface area contributed by atoms with Crippen LogP contribution in [0.15, 0.2) is 33.3 Å². The molecule has 0 saturated heterocycles.